The molecule has 108 valence electrons. The molecule has 0 unspecified atom stereocenters. The van der Waals surface area contributed by atoms with Crippen LogP contribution >= 0.6 is 0 Å². The normalized spacial score (nSPS) is 13.8. The van der Waals surface area contributed by atoms with Gasteiger partial charge in [0.05, 0.1) is 0 Å². The number of carbonyl (C=O) groups is 2. The van der Waals surface area contributed by atoms with Crippen LogP contribution in [0.3, 0.4) is 0 Å². The van der Waals surface area contributed by atoms with Gasteiger partial charge in [-0.1, -0.05) is 18.2 Å². The number of carboxylic acids is 1. The number of amides is 1. The zero-order chi connectivity index (χ0) is 14.8. The van der Waals surface area contributed by atoms with Crippen molar-refractivity contribution in [2.75, 3.05) is 11.4 Å². The molecule has 1 aromatic carbocycles. The summed E-state index contributed by atoms with van der Waals surface area (Å²) < 4.78 is 1.47. The molecule has 0 saturated carbocycles. The van der Waals surface area contributed by atoms with Crippen LogP contribution in [0.4, 0.5) is 5.69 Å². The largest absolute Gasteiger partial charge is 0.480 e. The van der Waals surface area contributed by atoms with Crippen LogP contribution in [-0.2, 0) is 17.8 Å². The van der Waals surface area contributed by atoms with E-state index in [4.69, 9.17) is 5.11 Å². The van der Waals surface area contributed by atoms with E-state index in [1.54, 1.807) is 23.2 Å². The number of rotatable bonds is 3. The number of benzene rings is 1. The third-order valence-electron chi connectivity index (χ3n) is 3.71. The lowest BCUT2D eigenvalue weighted by molar-refractivity contribution is -0.137. The Morgan fingerprint density at radius 3 is 2.76 bits per heavy atom. The minimum absolute atomic E-state index is 0.145. The molecule has 3 rings (SSSR count). The molecule has 5 heteroatoms. The van der Waals surface area contributed by atoms with Crippen LogP contribution in [-0.4, -0.2) is 28.1 Å². The van der Waals surface area contributed by atoms with Crippen LogP contribution in [0, 0.1) is 0 Å². The second-order valence-electron chi connectivity index (χ2n) is 5.10. The van der Waals surface area contributed by atoms with Crippen LogP contribution in [0.15, 0.2) is 42.6 Å². The molecule has 1 aliphatic rings. The summed E-state index contributed by atoms with van der Waals surface area (Å²) in [7, 11) is 0. The Morgan fingerprint density at radius 2 is 1.95 bits per heavy atom. The Bertz CT molecular complexity index is 690. The number of para-hydroxylation sites is 1. The summed E-state index contributed by atoms with van der Waals surface area (Å²) in [5, 5.41) is 8.91. The summed E-state index contributed by atoms with van der Waals surface area (Å²) in [6, 6.07) is 11.2. The van der Waals surface area contributed by atoms with Crippen molar-refractivity contribution >= 4 is 17.6 Å². The van der Waals surface area contributed by atoms with Crippen LogP contribution in [0.25, 0.3) is 0 Å². The Hall–Kier alpha value is -2.56. The third-order valence-corrected chi connectivity index (χ3v) is 3.71. The quantitative estimate of drug-likeness (QED) is 0.939. The fourth-order valence-electron chi connectivity index (χ4n) is 2.77. The minimum atomic E-state index is -0.959. The Balaban J connectivity index is 1.93. The average molecular weight is 284 g/mol. The van der Waals surface area contributed by atoms with Gasteiger partial charge in [-0.05, 0) is 36.6 Å². The lowest BCUT2D eigenvalue weighted by atomic mass is 10.0. The molecule has 0 saturated heterocycles. The first-order valence-electron chi connectivity index (χ1n) is 6.93. The van der Waals surface area contributed by atoms with Crippen LogP contribution in [0.2, 0.25) is 0 Å². The molecule has 1 N–H and O–H groups in total. The number of anilines is 1. The highest BCUT2D eigenvalue weighted by Gasteiger charge is 2.25. The highest BCUT2D eigenvalue weighted by atomic mass is 16.4. The second kappa shape index (κ2) is 5.44. The molecule has 1 aromatic heterocycles. The Kier molecular flexibility index (Phi) is 3.48. The molecule has 1 aliphatic heterocycles. The molecule has 0 fully saturated rings. The van der Waals surface area contributed by atoms with E-state index in [9.17, 15) is 9.59 Å². The van der Waals surface area contributed by atoms with Crippen molar-refractivity contribution in [3.63, 3.8) is 0 Å². The minimum Gasteiger partial charge on any atom is -0.480 e. The smallest absolute Gasteiger partial charge is 0.323 e. The first-order valence-corrected chi connectivity index (χ1v) is 6.93. The molecule has 0 atom stereocenters. The van der Waals surface area contributed by atoms with Gasteiger partial charge in [-0.2, -0.15) is 0 Å². The van der Waals surface area contributed by atoms with E-state index in [0.717, 1.165) is 24.1 Å². The van der Waals surface area contributed by atoms with Crippen molar-refractivity contribution in [1.29, 1.82) is 0 Å². The van der Waals surface area contributed by atoms with Gasteiger partial charge in [0.2, 0.25) is 0 Å². The highest BCUT2D eigenvalue weighted by molar-refractivity contribution is 6.06. The summed E-state index contributed by atoms with van der Waals surface area (Å²) in [6.45, 7) is 0.456. The van der Waals surface area contributed by atoms with Crippen LogP contribution < -0.4 is 4.90 Å². The molecule has 2 aromatic rings. The summed E-state index contributed by atoms with van der Waals surface area (Å²) in [5.41, 5.74) is 2.50. The zero-order valence-corrected chi connectivity index (χ0v) is 11.5. The summed E-state index contributed by atoms with van der Waals surface area (Å²) in [5.74, 6) is -1.10. The number of carboxylic acid groups (broad SMARTS) is 1. The van der Waals surface area contributed by atoms with Crippen molar-refractivity contribution < 1.29 is 14.7 Å². The molecular formula is C16H16N2O3. The van der Waals surface area contributed by atoms with Gasteiger partial charge in [-0.15, -0.1) is 0 Å². The summed E-state index contributed by atoms with van der Waals surface area (Å²) in [6.07, 6.45) is 3.51. The maximum atomic E-state index is 12.7. The Labute approximate surface area is 122 Å². The fraction of sp³-hybridized carbons (Fsp3) is 0.250. The van der Waals surface area contributed by atoms with E-state index >= 15 is 0 Å². The fourth-order valence-corrected chi connectivity index (χ4v) is 2.77. The van der Waals surface area contributed by atoms with Crippen molar-refractivity contribution in [3.05, 3.63) is 53.9 Å². The van der Waals surface area contributed by atoms with Gasteiger partial charge >= 0.3 is 5.97 Å². The molecule has 21 heavy (non-hydrogen) atoms. The standard InChI is InChI=1S/C16H16N2O3/c19-15(20)11-17-9-4-8-14(17)16(21)18-10-3-6-12-5-1-2-7-13(12)18/h1-2,4-5,7-9H,3,6,10-11H2,(H,19,20). The first kappa shape index (κ1) is 13.4. The second-order valence-corrected chi connectivity index (χ2v) is 5.10. The highest BCUT2D eigenvalue weighted by Crippen LogP contribution is 2.28. The van der Waals surface area contributed by atoms with E-state index in [-0.39, 0.29) is 12.5 Å². The molecule has 5 nitrogen and oxygen atoms in total. The van der Waals surface area contributed by atoms with Gasteiger partial charge in [0.15, 0.2) is 0 Å². The predicted octanol–water partition coefficient (Wildman–Crippen LogP) is 2.17. The summed E-state index contributed by atoms with van der Waals surface area (Å²) >= 11 is 0. The van der Waals surface area contributed by atoms with Gasteiger partial charge in [-0.25, -0.2) is 0 Å². The molecule has 1 amide bonds. The van der Waals surface area contributed by atoms with Gasteiger partial charge in [-0.3, -0.25) is 9.59 Å². The van der Waals surface area contributed by atoms with Crippen molar-refractivity contribution in [3.8, 4) is 0 Å². The average Bonchev–Trinajstić information content (AvgIpc) is 2.93. The summed E-state index contributed by atoms with van der Waals surface area (Å²) in [4.78, 5) is 25.4. The van der Waals surface area contributed by atoms with Gasteiger partial charge < -0.3 is 14.6 Å². The van der Waals surface area contributed by atoms with E-state index in [0.29, 0.717) is 12.2 Å². The number of hydrogen-bond donors (Lipinski definition) is 1. The van der Waals surface area contributed by atoms with E-state index in [2.05, 4.69) is 0 Å². The third kappa shape index (κ3) is 2.54. The maximum absolute atomic E-state index is 12.7. The number of aryl methyl sites for hydroxylation is 1. The van der Waals surface area contributed by atoms with Gasteiger partial charge in [0.1, 0.15) is 12.2 Å². The number of aliphatic carboxylic acids is 1. The lowest BCUT2D eigenvalue weighted by Gasteiger charge is -2.29. The number of hydrogen-bond acceptors (Lipinski definition) is 2. The molecular weight excluding hydrogens is 268 g/mol. The van der Waals surface area contributed by atoms with E-state index in [1.807, 2.05) is 24.3 Å². The number of carbonyl (C=O) groups excluding carboxylic acids is 1. The monoisotopic (exact) mass is 284 g/mol. The first-order chi connectivity index (χ1) is 10.2. The molecule has 0 radical (unpaired) electrons. The molecule has 0 aliphatic carbocycles. The van der Waals surface area contributed by atoms with Gasteiger partial charge in [0.25, 0.3) is 5.91 Å². The van der Waals surface area contributed by atoms with E-state index in [1.165, 1.54) is 4.57 Å². The number of fused-ring (bicyclic) bond motifs is 1. The molecule has 0 spiro atoms. The van der Waals surface area contributed by atoms with Crippen molar-refractivity contribution in [1.82, 2.24) is 4.57 Å². The zero-order valence-electron chi connectivity index (χ0n) is 11.5. The van der Waals surface area contributed by atoms with Gasteiger partial charge in [0, 0.05) is 18.4 Å². The van der Waals surface area contributed by atoms with Crippen molar-refractivity contribution in [2.24, 2.45) is 0 Å². The van der Waals surface area contributed by atoms with E-state index < -0.39 is 5.97 Å². The number of aromatic nitrogens is 1. The maximum Gasteiger partial charge on any atom is 0.323 e. The Morgan fingerprint density at radius 1 is 1.14 bits per heavy atom. The predicted molar refractivity (Wildman–Crippen MR) is 78.5 cm³/mol. The van der Waals surface area contributed by atoms with Crippen LogP contribution in [0.5, 0.6) is 0 Å². The number of nitrogens with zero attached hydrogens (tertiary/aromatic N) is 2. The van der Waals surface area contributed by atoms with Crippen LogP contribution in [0.1, 0.15) is 22.5 Å². The molecule has 2 heterocycles. The lowest BCUT2D eigenvalue weighted by Crippen LogP contribution is -2.36. The van der Waals surface area contributed by atoms with Crippen molar-refractivity contribution in [2.45, 2.75) is 19.4 Å². The topological polar surface area (TPSA) is 62.5 Å². The molecule has 0 bridgehead atoms. The SMILES string of the molecule is O=C(O)Cn1cccc1C(=O)N1CCCc2ccccc21.